The van der Waals surface area contributed by atoms with Gasteiger partial charge in [0.2, 0.25) is 0 Å². The molecule has 1 N–H and O–H groups in total. The molecule has 2 rings (SSSR count). The van der Waals surface area contributed by atoms with Crippen molar-refractivity contribution in [3.63, 3.8) is 0 Å². The quantitative estimate of drug-likeness (QED) is 0.884. The standard InChI is InChI=1S/C16H28N2O/c1-12-10-13(2)15(4)18(11-12)8-7-17-14(3)16-6-5-9-19-16/h5-6,9,12-15,17H,7-8,10-11H2,1-4H3. The van der Waals surface area contributed by atoms with Gasteiger partial charge in [0, 0.05) is 25.7 Å². The van der Waals surface area contributed by atoms with Gasteiger partial charge in [-0.2, -0.15) is 0 Å². The van der Waals surface area contributed by atoms with E-state index in [-0.39, 0.29) is 0 Å². The molecule has 4 atom stereocenters. The first-order chi connectivity index (χ1) is 9.08. The van der Waals surface area contributed by atoms with E-state index in [2.05, 4.69) is 37.9 Å². The Bertz CT molecular complexity index is 363. The number of hydrogen-bond acceptors (Lipinski definition) is 3. The summed E-state index contributed by atoms with van der Waals surface area (Å²) in [6, 6.07) is 4.98. The molecule has 1 aromatic rings. The van der Waals surface area contributed by atoms with Gasteiger partial charge in [0.05, 0.1) is 12.3 Å². The van der Waals surface area contributed by atoms with Crippen LogP contribution in [0.1, 0.15) is 45.9 Å². The Morgan fingerprint density at radius 2 is 2.21 bits per heavy atom. The number of piperidine rings is 1. The van der Waals surface area contributed by atoms with E-state index in [4.69, 9.17) is 4.42 Å². The van der Waals surface area contributed by atoms with Crippen LogP contribution in [0.3, 0.4) is 0 Å². The molecular formula is C16H28N2O. The molecule has 3 nitrogen and oxygen atoms in total. The van der Waals surface area contributed by atoms with Crippen molar-refractivity contribution in [2.75, 3.05) is 19.6 Å². The Morgan fingerprint density at radius 1 is 1.42 bits per heavy atom. The molecule has 0 aromatic carbocycles. The number of furan rings is 1. The minimum absolute atomic E-state index is 0.296. The normalized spacial score (nSPS) is 30.4. The lowest BCUT2D eigenvalue weighted by Crippen LogP contribution is -2.48. The van der Waals surface area contributed by atoms with Crippen molar-refractivity contribution in [3.05, 3.63) is 24.2 Å². The van der Waals surface area contributed by atoms with Gasteiger partial charge in [0.25, 0.3) is 0 Å². The minimum atomic E-state index is 0.296. The van der Waals surface area contributed by atoms with Crippen molar-refractivity contribution in [2.24, 2.45) is 11.8 Å². The molecule has 1 fully saturated rings. The monoisotopic (exact) mass is 264 g/mol. The summed E-state index contributed by atoms with van der Waals surface area (Å²) in [6.45, 7) is 12.7. The molecule has 1 aromatic heterocycles. The molecule has 0 radical (unpaired) electrons. The van der Waals surface area contributed by atoms with Gasteiger partial charge in [0.1, 0.15) is 5.76 Å². The summed E-state index contributed by atoms with van der Waals surface area (Å²) in [6.07, 6.45) is 3.11. The number of hydrogen-bond donors (Lipinski definition) is 1. The summed E-state index contributed by atoms with van der Waals surface area (Å²) < 4.78 is 5.42. The molecule has 0 amide bonds. The van der Waals surface area contributed by atoms with E-state index in [1.807, 2.05) is 12.1 Å². The van der Waals surface area contributed by atoms with E-state index in [1.165, 1.54) is 13.0 Å². The number of nitrogens with zero attached hydrogens (tertiary/aromatic N) is 1. The van der Waals surface area contributed by atoms with Gasteiger partial charge in [-0.15, -0.1) is 0 Å². The Kier molecular flexibility index (Phi) is 5.06. The molecule has 1 aliphatic rings. The van der Waals surface area contributed by atoms with Crippen molar-refractivity contribution in [1.82, 2.24) is 10.2 Å². The second kappa shape index (κ2) is 6.58. The van der Waals surface area contributed by atoms with Crippen molar-refractivity contribution in [2.45, 2.75) is 46.2 Å². The zero-order chi connectivity index (χ0) is 13.8. The second-order valence-electron chi connectivity index (χ2n) is 6.24. The average molecular weight is 264 g/mol. The maximum absolute atomic E-state index is 5.42. The highest BCUT2D eigenvalue weighted by Gasteiger charge is 2.28. The summed E-state index contributed by atoms with van der Waals surface area (Å²) in [7, 11) is 0. The van der Waals surface area contributed by atoms with E-state index in [0.29, 0.717) is 12.1 Å². The highest BCUT2D eigenvalue weighted by Crippen LogP contribution is 2.26. The SMILES string of the molecule is CC1CC(C)C(C)N(CCNC(C)c2ccco2)C1. The van der Waals surface area contributed by atoms with Crippen LogP contribution in [0.15, 0.2) is 22.8 Å². The first kappa shape index (κ1) is 14.6. The molecule has 19 heavy (non-hydrogen) atoms. The lowest BCUT2D eigenvalue weighted by atomic mass is 9.86. The summed E-state index contributed by atoms with van der Waals surface area (Å²) in [5, 5.41) is 3.55. The van der Waals surface area contributed by atoms with Crippen LogP contribution in [-0.2, 0) is 0 Å². The molecular weight excluding hydrogens is 236 g/mol. The predicted octanol–water partition coefficient (Wildman–Crippen LogP) is 3.30. The number of rotatable bonds is 5. The van der Waals surface area contributed by atoms with Crippen LogP contribution in [0.5, 0.6) is 0 Å². The van der Waals surface area contributed by atoms with Crippen LogP contribution in [0.4, 0.5) is 0 Å². The highest BCUT2D eigenvalue weighted by molar-refractivity contribution is 5.02. The van der Waals surface area contributed by atoms with E-state index in [1.54, 1.807) is 6.26 Å². The Balaban J connectivity index is 1.75. The topological polar surface area (TPSA) is 28.4 Å². The van der Waals surface area contributed by atoms with Gasteiger partial charge in [-0.05, 0) is 44.2 Å². The van der Waals surface area contributed by atoms with Gasteiger partial charge >= 0.3 is 0 Å². The first-order valence-corrected chi connectivity index (χ1v) is 7.58. The molecule has 1 aliphatic heterocycles. The fraction of sp³-hybridized carbons (Fsp3) is 0.750. The number of nitrogens with one attached hydrogen (secondary N) is 1. The molecule has 0 aliphatic carbocycles. The van der Waals surface area contributed by atoms with Gasteiger partial charge in [-0.1, -0.05) is 13.8 Å². The van der Waals surface area contributed by atoms with Crippen LogP contribution in [0, 0.1) is 11.8 Å². The van der Waals surface area contributed by atoms with Crippen LogP contribution in [0.25, 0.3) is 0 Å². The maximum atomic E-state index is 5.42. The lowest BCUT2D eigenvalue weighted by Gasteiger charge is -2.41. The van der Waals surface area contributed by atoms with Crippen LogP contribution < -0.4 is 5.32 Å². The van der Waals surface area contributed by atoms with Gasteiger partial charge in [-0.3, -0.25) is 4.90 Å². The summed E-state index contributed by atoms with van der Waals surface area (Å²) in [4.78, 5) is 2.63. The molecule has 0 saturated carbocycles. The first-order valence-electron chi connectivity index (χ1n) is 7.58. The summed E-state index contributed by atoms with van der Waals surface area (Å²) >= 11 is 0. The van der Waals surface area contributed by atoms with E-state index >= 15 is 0 Å². The van der Waals surface area contributed by atoms with Gasteiger partial charge < -0.3 is 9.73 Å². The van der Waals surface area contributed by atoms with Crippen LogP contribution in [-0.4, -0.2) is 30.6 Å². The lowest BCUT2D eigenvalue weighted by molar-refractivity contribution is 0.0799. The largest absolute Gasteiger partial charge is 0.468 e. The van der Waals surface area contributed by atoms with Crippen molar-refractivity contribution < 1.29 is 4.42 Å². The molecule has 1 saturated heterocycles. The fourth-order valence-corrected chi connectivity index (χ4v) is 3.19. The van der Waals surface area contributed by atoms with Crippen LogP contribution in [0.2, 0.25) is 0 Å². The smallest absolute Gasteiger partial charge is 0.120 e. The third-order valence-corrected chi connectivity index (χ3v) is 4.54. The Hall–Kier alpha value is -0.800. The van der Waals surface area contributed by atoms with E-state index in [9.17, 15) is 0 Å². The molecule has 4 unspecified atom stereocenters. The Labute approximate surface area is 117 Å². The molecule has 0 bridgehead atoms. The van der Waals surface area contributed by atoms with Gasteiger partial charge in [0.15, 0.2) is 0 Å². The summed E-state index contributed by atoms with van der Waals surface area (Å²) in [5.41, 5.74) is 0. The van der Waals surface area contributed by atoms with E-state index < -0.39 is 0 Å². The molecule has 0 spiro atoms. The van der Waals surface area contributed by atoms with Crippen LogP contribution >= 0.6 is 0 Å². The summed E-state index contributed by atoms with van der Waals surface area (Å²) in [5.74, 6) is 2.66. The highest BCUT2D eigenvalue weighted by atomic mass is 16.3. The molecule has 3 heteroatoms. The second-order valence-corrected chi connectivity index (χ2v) is 6.24. The van der Waals surface area contributed by atoms with Crippen molar-refractivity contribution in [1.29, 1.82) is 0 Å². The zero-order valence-electron chi connectivity index (χ0n) is 12.7. The van der Waals surface area contributed by atoms with Crippen molar-refractivity contribution >= 4 is 0 Å². The third kappa shape index (κ3) is 3.83. The molecule has 108 valence electrons. The van der Waals surface area contributed by atoms with Gasteiger partial charge in [-0.25, -0.2) is 0 Å². The predicted molar refractivity (Wildman–Crippen MR) is 79.1 cm³/mol. The zero-order valence-corrected chi connectivity index (χ0v) is 12.7. The average Bonchev–Trinajstić information content (AvgIpc) is 2.88. The number of likely N-dealkylation sites (tertiary alicyclic amines) is 1. The Morgan fingerprint density at radius 3 is 2.89 bits per heavy atom. The van der Waals surface area contributed by atoms with Crippen molar-refractivity contribution in [3.8, 4) is 0 Å². The third-order valence-electron chi connectivity index (χ3n) is 4.54. The maximum Gasteiger partial charge on any atom is 0.120 e. The van der Waals surface area contributed by atoms with E-state index in [0.717, 1.165) is 30.7 Å². The fourth-order valence-electron chi connectivity index (χ4n) is 3.19. The minimum Gasteiger partial charge on any atom is -0.468 e. The molecule has 2 heterocycles.